The van der Waals surface area contributed by atoms with Gasteiger partial charge in [-0.25, -0.2) is 17.5 Å². The lowest BCUT2D eigenvalue weighted by molar-refractivity contribution is 0.0788. The maximum atomic E-state index is 14.3. The van der Waals surface area contributed by atoms with Gasteiger partial charge in [0.15, 0.2) is 0 Å². The minimum Gasteiger partial charge on any atom is -0.339 e. The average molecular weight is 355 g/mol. The van der Waals surface area contributed by atoms with E-state index in [-0.39, 0.29) is 22.4 Å². The van der Waals surface area contributed by atoms with Gasteiger partial charge in [-0.3, -0.25) is 4.79 Å². The van der Waals surface area contributed by atoms with E-state index in [1.54, 1.807) is 4.90 Å². The van der Waals surface area contributed by atoms with E-state index in [9.17, 15) is 17.6 Å². The molecule has 0 spiro atoms. The van der Waals surface area contributed by atoms with Gasteiger partial charge in [0.1, 0.15) is 5.82 Å². The molecular weight excluding hydrogens is 333 g/mol. The molecule has 24 heavy (non-hydrogen) atoms. The van der Waals surface area contributed by atoms with Gasteiger partial charge in [0, 0.05) is 25.7 Å². The molecule has 0 radical (unpaired) electrons. The predicted octanol–water partition coefficient (Wildman–Crippen LogP) is 1.09. The van der Waals surface area contributed by atoms with Crippen LogP contribution in [0.15, 0.2) is 23.1 Å². The van der Waals surface area contributed by atoms with Crippen LogP contribution < -0.4 is 10.0 Å². The molecule has 2 heterocycles. The number of piperidine rings is 1. The number of likely N-dealkylation sites (tertiary alicyclic amines) is 1. The highest BCUT2D eigenvalue weighted by molar-refractivity contribution is 7.89. The number of hydrogen-bond acceptors (Lipinski definition) is 4. The second kappa shape index (κ2) is 7.16. The molecule has 2 saturated heterocycles. The lowest BCUT2D eigenvalue weighted by atomic mass is 10.1. The third kappa shape index (κ3) is 3.76. The van der Waals surface area contributed by atoms with Gasteiger partial charge in [0.05, 0.1) is 10.5 Å². The maximum Gasteiger partial charge on any atom is 0.256 e. The minimum atomic E-state index is -3.80. The number of nitrogens with one attached hydrogen (secondary N) is 2. The Labute approximate surface area is 141 Å². The maximum absolute atomic E-state index is 14.3. The highest BCUT2D eigenvalue weighted by Crippen LogP contribution is 2.19. The standard InChI is InChI=1S/C16H22FN3O3S/c17-15-10-13(24(22,23)19-12-4-3-7-18-11-12)5-6-14(15)16(21)20-8-1-2-9-20/h5-6,10,12,18-19H,1-4,7-9,11H2. The van der Waals surface area contributed by atoms with Gasteiger partial charge in [0.2, 0.25) is 10.0 Å². The summed E-state index contributed by atoms with van der Waals surface area (Å²) in [5.74, 6) is -1.17. The van der Waals surface area contributed by atoms with E-state index in [2.05, 4.69) is 10.0 Å². The van der Waals surface area contributed by atoms with Gasteiger partial charge >= 0.3 is 0 Å². The second-order valence-electron chi connectivity index (χ2n) is 6.31. The molecule has 1 aromatic rings. The zero-order valence-corrected chi connectivity index (χ0v) is 14.2. The molecule has 1 amide bonds. The lowest BCUT2D eigenvalue weighted by Crippen LogP contribution is -2.45. The fourth-order valence-electron chi connectivity index (χ4n) is 3.17. The summed E-state index contributed by atoms with van der Waals surface area (Å²) in [7, 11) is -3.80. The highest BCUT2D eigenvalue weighted by atomic mass is 32.2. The highest BCUT2D eigenvalue weighted by Gasteiger charge is 2.26. The molecule has 6 nitrogen and oxygen atoms in total. The van der Waals surface area contributed by atoms with Crippen LogP contribution in [-0.4, -0.2) is 51.4 Å². The van der Waals surface area contributed by atoms with Gasteiger partial charge in [-0.1, -0.05) is 0 Å². The number of rotatable bonds is 4. The zero-order valence-electron chi connectivity index (χ0n) is 13.4. The first-order chi connectivity index (χ1) is 11.5. The van der Waals surface area contributed by atoms with Crippen molar-refractivity contribution in [2.75, 3.05) is 26.2 Å². The second-order valence-corrected chi connectivity index (χ2v) is 8.02. The van der Waals surface area contributed by atoms with Crippen molar-refractivity contribution in [3.63, 3.8) is 0 Å². The minimum absolute atomic E-state index is 0.0739. The predicted molar refractivity (Wildman–Crippen MR) is 87.8 cm³/mol. The molecule has 0 saturated carbocycles. The van der Waals surface area contributed by atoms with Crippen LogP contribution in [0.2, 0.25) is 0 Å². The Hall–Kier alpha value is -1.51. The molecule has 2 N–H and O–H groups in total. The SMILES string of the molecule is O=C(c1ccc(S(=O)(=O)NC2CCCNC2)cc1F)N1CCCC1. The molecular formula is C16H22FN3O3S. The summed E-state index contributed by atoms with van der Waals surface area (Å²) in [6, 6.07) is 3.30. The van der Waals surface area contributed by atoms with E-state index in [0.29, 0.717) is 19.6 Å². The summed E-state index contributed by atoms with van der Waals surface area (Å²) < 4.78 is 41.7. The van der Waals surface area contributed by atoms with Gasteiger partial charge in [-0.2, -0.15) is 0 Å². The van der Waals surface area contributed by atoms with Crippen LogP contribution in [-0.2, 0) is 10.0 Å². The number of hydrogen-bond donors (Lipinski definition) is 2. The molecule has 132 valence electrons. The molecule has 2 fully saturated rings. The molecule has 0 bridgehead atoms. The fourth-order valence-corrected chi connectivity index (χ4v) is 4.45. The monoisotopic (exact) mass is 355 g/mol. The van der Waals surface area contributed by atoms with Crippen LogP contribution in [0.1, 0.15) is 36.0 Å². The Bertz CT molecular complexity index is 711. The Morgan fingerprint density at radius 1 is 1.25 bits per heavy atom. The molecule has 8 heteroatoms. The van der Waals surface area contributed by atoms with E-state index in [1.165, 1.54) is 12.1 Å². The van der Waals surface area contributed by atoms with Crippen molar-refractivity contribution in [3.05, 3.63) is 29.6 Å². The summed E-state index contributed by atoms with van der Waals surface area (Å²) >= 11 is 0. The van der Waals surface area contributed by atoms with E-state index >= 15 is 0 Å². The van der Waals surface area contributed by atoms with Crippen LogP contribution >= 0.6 is 0 Å². The zero-order chi connectivity index (χ0) is 17.2. The van der Waals surface area contributed by atoms with E-state index in [0.717, 1.165) is 38.3 Å². The van der Waals surface area contributed by atoms with Crippen LogP contribution in [0.25, 0.3) is 0 Å². The van der Waals surface area contributed by atoms with Crippen molar-refractivity contribution >= 4 is 15.9 Å². The summed E-state index contributed by atoms with van der Waals surface area (Å²) in [5, 5.41) is 3.12. The summed E-state index contributed by atoms with van der Waals surface area (Å²) in [5.41, 5.74) is -0.0739. The van der Waals surface area contributed by atoms with Crippen LogP contribution in [0.3, 0.4) is 0 Å². The Morgan fingerprint density at radius 3 is 2.62 bits per heavy atom. The van der Waals surface area contributed by atoms with E-state index < -0.39 is 15.8 Å². The molecule has 1 atom stereocenters. The number of carbonyl (C=O) groups is 1. The molecule has 0 aromatic heterocycles. The quantitative estimate of drug-likeness (QED) is 0.848. The average Bonchev–Trinajstić information content (AvgIpc) is 3.09. The van der Waals surface area contributed by atoms with Crippen molar-refractivity contribution in [2.24, 2.45) is 0 Å². The van der Waals surface area contributed by atoms with Gasteiger partial charge in [0.25, 0.3) is 5.91 Å². The molecule has 0 aliphatic carbocycles. The normalized spacial score (nSPS) is 21.9. The summed E-state index contributed by atoms with van der Waals surface area (Å²) in [6.07, 6.45) is 3.48. The van der Waals surface area contributed by atoms with Crippen molar-refractivity contribution in [2.45, 2.75) is 36.6 Å². The number of halogens is 1. The third-order valence-electron chi connectivity index (χ3n) is 4.49. The van der Waals surface area contributed by atoms with Crippen molar-refractivity contribution in [1.29, 1.82) is 0 Å². The molecule has 2 aliphatic heterocycles. The smallest absolute Gasteiger partial charge is 0.256 e. The van der Waals surface area contributed by atoms with E-state index in [4.69, 9.17) is 0 Å². The third-order valence-corrected chi connectivity index (χ3v) is 6.01. The first kappa shape index (κ1) is 17.3. The van der Waals surface area contributed by atoms with Gasteiger partial charge < -0.3 is 10.2 Å². The number of carbonyl (C=O) groups excluding carboxylic acids is 1. The number of benzene rings is 1. The summed E-state index contributed by atoms with van der Waals surface area (Å²) in [4.78, 5) is 13.7. The lowest BCUT2D eigenvalue weighted by Gasteiger charge is -2.23. The van der Waals surface area contributed by atoms with Gasteiger partial charge in [-0.15, -0.1) is 0 Å². The number of amides is 1. The molecule has 1 aromatic carbocycles. The first-order valence-electron chi connectivity index (χ1n) is 8.29. The van der Waals surface area contributed by atoms with Crippen LogP contribution in [0, 0.1) is 5.82 Å². The molecule has 2 aliphatic rings. The van der Waals surface area contributed by atoms with Crippen molar-refractivity contribution < 1.29 is 17.6 Å². The fraction of sp³-hybridized carbons (Fsp3) is 0.562. The number of nitrogens with zero attached hydrogens (tertiary/aromatic N) is 1. The van der Waals surface area contributed by atoms with E-state index in [1.807, 2.05) is 0 Å². The largest absolute Gasteiger partial charge is 0.339 e. The van der Waals surface area contributed by atoms with Crippen LogP contribution in [0.5, 0.6) is 0 Å². The van der Waals surface area contributed by atoms with Gasteiger partial charge in [-0.05, 0) is 50.4 Å². The molecule has 3 rings (SSSR count). The molecule has 1 unspecified atom stereocenters. The Kier molecular flexibility index (Phi) is 5.17. The Balaban J connectivity index is 1.76. The van der Waals surface area contributed by atoms with Crippen LogP contribution in [0.4, 0.5) is 4.39 Å². The first-order valence-corrected chi connectivity index (χ1v) is 9.77. The topological polar surface area (TPSA) is 78.5 Å². The van der Waals surface area contributed by atoms with Crippen molar-refractivity contribution in [3.8, 4) is 0 Å². The summed E-state index contributed by atoms with van der Waals surface area (Å²) in [6.45, 7) is 2.68. The Morgan fingerprint density at radius 2 is 2.00 bits per heavy atom. The number of sulfonamides is 1. The van der Waals surface area contributed by atoms with Crippen molar-refractivity contribution in [1.82, 2.24) is 14.9 Å².